The molecule has 2 aromatic heterocycles. The fourth-order valence-electron chi connectivity index (χ4n) is 3.83. The number of hydrogen-bond acceptors (Lipinski definition) is 6. The largest absolute Gasteiger partial charge is 0.345 e. The van der Waals surface area contributed by atoms with Crippen LogP contribution in [-0.4, -0.2) is 59.5 Å². The normalized spacial score (nSPS) is 13.9. The van der Waals surface area contributed by atoms with Gasteiger partial charge in [0, 0.05) is 45.0 Å². The zero-order valence-electron chi connectivity index (χ0n) is 17.6. The first-order valence-corrected chi connectivity index (χ1v) is 10.4. The lowest BCUT2D eigenvalue weighted by molar-refractivity contribution is -0.130. The summed E-state index contributed by atoms with van der Waals surface area (Å²) >= 11 is 0. The number of aryl methyl sites for hydroxylation is 2. The van der Waals surface area contributed by atoms with Crippen LogP contribution in [0.25, 0.3) is 0 Å². The van der Waals surface area contributed by atoms with Gasteiger partial charge in [-0.05, 0) is 41.3 Å². The fraction of sp³-hybridized carbons (Fsp3) is 0.476. The number of benzene rings is 1. The summed E-state index contributed by atoms with van der Waals surface area (Å²) in [5, 5.41) is 12.2. The SMILES string of the molecule is Cc1cnc(CN(C)C(=O)CCCn2nnnc2CN2CCc3ccccc3C2)[nH]1. The summed E-state index contributed by atoms with van der Waals surface area (Å²) in [7, 11) is 1.80. The van der Waals surface area contributed by atoms with Crippen molar-refractivity contribution in [3.63, 3.8) is 0 Å². The molecular formula is C21H28N8O. The smallest absolute Gasteiger partial charge is 0.222 e. The highest BCUT2D eigenvalue weighted by molar-refractivity contribution is 5.75. The maximum Gasteiger partial charge on any atom is 0.222 e. The van der Waals surface area contributed by atoms with Crippen LogP contribution < -0.4 is 0 Å². The van der Waals surface area contributed by atoms with E-state index in [1.54, 1.807) is 18.1 Å². The molecule has 1 N–H and O–H groups in total. The van der Waals surface area contributed by atoms with E-state index < -0.39 is 0 Å². The van der Waals surface area contributed by atoms with Crippen molar-refractivity contribution >= 4 is 5.91 Å². The van der Waals surface area contributed by atoms with Crippen LogP contribution in [0, 0.1) is 6.92 Å². The molecule has 0 fully saturated rings. The Morgan fingerprint density at radius 2 is 2.10 bits per heavy atom. The number of nitrogens with one attached hydrogen (secondary N) is 1. The van der Waals surface area contributed by atoms with E-state index in [-0.39, 0.29) is 5.91 Å². The van der Waals surface area contributed by atoms with Gasteiger partial charge in [0.2, 0.25) is 5.91 Å². The first-order chi connectivity index (χ1) is 14.6. The molecule has 3 aromatic rings. The molecule has 30 heavy (non-hydrogen) atoms. The third-order valence-electron chi connectivity index (χ3n) is 5.51. The van der Waals surface area contributed by atoms with Crippen molar-refractivity contribution in [3.8, 4) is 0 Å². The summed E-state index contributed by atoms with van der Waals surface area (Å²) in [5.41, 5.74) is 3.80. The van der Waals surface area contributed by atoms with Gasteiger partial charge in [0.25, 0.3) is 0 Å². The van der Waals surface area contributed by atoms with Crippen LogP contribution in [-0.2, 0) is 37.4 Å². The third-order valence-corrected chi connectivity index (χ3v) is 5.51. The highest BCUT2D eigenvalue weighted by Crippen LogP contribution is 2.19. The average Bonchev–Trinajstić information content (AvgIpc) is 3.36. The molecule has 0 atom stereocenters. The Hall–Kier alpha value is -3.07. The monoisotopic (exact) mass is 408 g/mol. The van der Waals surface area contributed by atoms with Gasteiger partial charge in [-0.1, -0.05) is 24.3 Å². The molecule has 0 radical (unpaired) electrons. The molecule has 0 saturated heterocycles. The molecule has 3 heterocycles. The van der Waals surface area contributed by atoms with Crippen molar-refractivity contribution in [2.24, 2.45) is 0 Å². The van der Waals surface area contributed by atoms with Crippen molar-refractivity contribution in [1.29, 1.82) is 0 Å². The summed E-state index contributed by atoms with van der Waals surface area (Å²) in [6.45, 7) is 5.70. The van der Waals surface area contributed by atoms with Crippen LogP contribution in [0.4, 0.5) is 0 Å². The minimum Gasteiger partial charge on any atom is -0.345 e. The minimum atomic E-state index is 0.0892. The Labute approximate surface area is 176 Å². The number of tetrazole rings is 1. The number of rotatable bonds is 8. The van der Waals surface area contributed by atoms with E-state index in [2.05, 4.69) is 54.7 Å². The van der Waals surface area contributed by atoms with Gasteiger partial charge in [-0.15, -0.1) is 5.10 Å². The summed E-state index contributed by atoms with van der Waals surface area (Å²) in [6, 6.07) is 8.59. The lowest BCUT2D eigenvalue weighted by Crippen LogP contribution is -2.31. The highest BCUT2D eigenvalue weighted by atomic mass is 16.2. The molecule has 158 valence electrons. The van der Waals surface area contributed by atoms with Gasteiger partial charge in [0.05, 0.1) is 13.1 Å². The van der Waals surface area contributed by atoms with Crippen molar-refractivity contribution in [1.82, 2.24) is 40.0 Å². The van der Waals surface area contributed by atoms with E-state index in [1.165, 1.54) is 11.1 Å². The fourth-order valence-corrected chi connectivity index (χ4v) is 3.83. The number of amides is 1. The van der Waals surface area contributed by atoms with Crippen LogP contribution >= 0.6 is 0 Å². The van der Waals surface area contributed by atoms with E-state index in [0.29, 0.717) is 32.5 Å². The average molecular weight is 409 g/mol. The second-order valence-corrected chi connectivity index (χ2v) is 7.91. The Balaban J connectivity index is 1.25. The van der Waals surface area contributed by atoms with Crippen molar-refractivity contribution in [2.75, 3.05) is 13.6 Å². The highest BCUT2D eigenvalue weighted by Gasteiger charge is 2.19. The Kier molecular flexibility index (Phi) is 6.18. The van der Waals surface area contributed by atoms with Gasteiger partial charge in [-0.25, -0.2) is 9.67 Å². The molecule has 0 aliphatic carbocycles. The predicted molar refractivity (Wildman–Crippen MR) is 111 cm³/mol. The third kappa shape index (κ3) is 4.91. The Morgan fingerprint density at radius 1 is 1.27 bits per heavy atom. The van der Waals surface area contributed by atoms with Crippen molar-refractivity contribution < 1.29 is 4.79 Å². The van der Waals surface area contributed by atoms with Gasteiger partial charge in [0.15, 0.2) is 5.82 Å². The molecule has 9 nitrogen and oxygen atoms in total. The van der Waals surface area contributed by atoms with E-state index in [9.17, 15) is 4.79 Å². The van der Waals surface area contributed by atoms with Gasteiger partial charge in [-0.2, -0.15) is 0 Å². The number of carbonyl (C=O) groups excluding carboxylic acids is 1. The summed E-state index contributed by atoms with van der Waals surface area (Å²) < 4.78 is 1.82. The van der Waals surface area contributed by atoms with E-state index in [1.807, 2.05) is 11.6 Å². The van der Waals surface area contributed by atoms with E-state index in [4.69, 9.17) is 0 Å². The lowest BCUT2D eigenvalue weighted by atomic mass is 10.00. The summed E-state index contributed by atoms with van der Waals surface area (Å²) in [4.78, 5) is 23.9. The molecule has 1 aromatic carbocycles. The second kappa shape index (κ2) is 9.17. The quantitative estimate of drug-likeness (QED) is 0.610. The van der Waals surface area contributed by atoms with Gasteiger partial charge < -0.3 is 9.88 Å². The predicted octanol–water partition coefficient (Wildman–Crippen LogP) is 1.70. The number of nitrogens with zero attached hydrogens (tertiary/aromatic N) is 7. The summed E-state index contributed by atoms with van der Waals surface area (Å²) in [5.74, 6) is 1.74. The maximum absolute atomic E-state index is 12.4. The van der Waals surface area contributed by atoms with Crippen molar-refractivity contribution in [3.05, 3.63) is 58.9 Å². The molecule has 0 unspecified atom stereocenters. The molecule has 1 aliphatic heterocycles. The molecule has 4 rings (SSSR count). The molecule has 0 saturated carbocycles. The summed E-state index contributed by atoms with van der Waals surface area (Å²) in [6.07, 6.45) is 3.97. The molecule has 1 aliphatic rings. The number of aromatic nitrogens is 6. The maximum atomic E-state index is 12.4. The first kappa shape index (κ1) is 20.2. The lowest BCUT2D eigenvalue weighted by Gasteiger charge is -2.28. The van der Waals surface area contributed by atoms with Crippen LogP contribution in [0.5, 0.6) is 0 Å². The second-order valence-electron chi connectivity index (χ2n) is 7.91. The van der Waals surface area contributed by atoms with Gasteiger partial charge >= 0.3 is 0 Å². The zero-order chi connectivity index (χ0) is 20.9. The van der Waals surface area contributed by atoms with E-state index >= 15 is 0 Å². The number of fused-ring (bicyclic) bond motifs is 1. The zero-order valence-corrected chi connectivity index (χ0v) is 17.6. The number of hydrogen-bond donors (Lipinski definition) is 1. The van der Waals surface area contributed by atoms with Crippen molar-refractivity contribution in [2.45, 2.75) is 52.4 Å². The standard InChI is InChI=1S/C21H28N8O/c1-16-12-22-19(23-16)14-27(2)21(30)8-5-10-29-20(24-25-26-29)15-28-11-9-17-6-3-4-7-18(17)13-28/h3-4,6-7,12H,5,8-11,13-15H2,1-2H3,(H,22,23). The number of imidazole rings is 1. The molecular weight excluding hydrogens is 380 g/mol. The van der Waals surface area contributed by atoms with Crippen LogP contribution in [0.3, 0.4) is 0 Å². The topological polar surface area (TPSA) is 95.8 Å². The Bertz CT molecular complexity index is 994. The van der Waals surface area contributed by atoms with Crippen LogP contribution in [0.2, 0.25) is 0 Å². The van der Waals surface area contributed by atoms with Crippen LogP contribution in [0.1, 0.15) is 41.3 Å². The molecule has 0 bridgehead atoms. The van der Waals surface area contributed by atoms with Crippen LogP contribution in [0.15, 0.2) is 30.5 Å². The molecule has 1 amide bonds. The van der Waals surface area contributed by atoms with Gasteiger partial charge in [-0.3, -0.25) is 9.69 Å². The molecule has 9 heteroatoms. The Morgan fingerprint density at radius 3 is 2.90 bits per heavy atom. The first-order valence-electron chi connectivity index (χ1n) is 10.4. The minimum absolute atomic E-state index is 0.0892. The van der Waals surface area contributed by atoms with Gasteiger partial charge in [0.1, 0.15) is 5.82 Å². The molecule has 0 spiro atoms. The van der Waals surface area contributed by atoms with E-state index in [0.717, 1.165) is 36.9 Å². The number of H-pyrrole nitrogens is 1. The number of carbonyl (C=O) groups is 1. The number of aromatic amines is 1.